The van der Waals surface area contributed by atoms with Crippen LogP contribution >= 0.6 is 0 Å². The van der Waals surface area contributed by atoms with E-state index in [0.29, 0.717) is 5.56 Å². The molecule has 5 N–H and O–H groups in total. The maximum Gasteiger partial charge on any atom is 0.253 e. The Morgan fingerprint density at radius 2 is 2.11 bits per heavy atom. The van der Waals surface area contributed by atoms with Crippen molar-refractivity contribution >= 4 is 0 Å². The molecule has 0 aliphatic carbocycles. The van der Waals surface area contributed by atoms with Crippen molar-refractivity contribution in [2.24, 2.45) is 5.73 Å². The summed E-state index contributed by atoms with van der Waals surface area (Å²) in [5.74, 6) is 0. The number of nitrogens with two attached hydrogens (primary N) is 1. The number of hydrogen-bond donors (Lipinski definition) is 4. The molecule has 100 valence electrons. The van der Waals surface area contributed by atoms with Crippen molar-refractivity contribution in [3.8, 4) is 0 Å². The summed E-state index contributed by atoms with van der Waals surface area (Å²) in [5.41, 5.74) is 5.70. The Kier molecular flexibility index (Phi) is 3.79. The second-order valence-corrected chi connectivity index (χ2v) is 4.21. The average molecular weight is 256 g/mol. The molecule has 1 aliphatic rings. The highest BCUT2D eigenvalue weighted by Crippen LogP contribution is 2.27. The Balaban J connectivity index is 2.30. The number of rotatable bonds is 3. The average Bonchev–Trinajstić information content (AvgIpc) is 2.66. The van der Waals surface area contributed by atoms with E-state index in [1.165, 1.54) is 16.8 Å². The summed E-state index contributed by atoms with van der Waals surface area (Å²) in [4.78, 5) is 11.8. The Hall–Kier alpha value is -1.25. The maximum absolute atomic E-state index is 11.8. The van der Waals surface area contributed by atoms with E-state index in [4.69, 9.17) is 15.6 Å². The van der Waals surface area contributed by atoms with Crippen LogP contribution in [0.4, 0.5) is 0 Å². The lowest BCUT2D eigenvalue weighted by atomic mass is 10.1. The highest BCUT2D eigenvalue weighted by Gasteiger charge is 2.43. The molecule has 2 heterocycles. The predicted molar refractivity (Wildman–Crippen MR) is 61.6 cm³/mol. The quantitative estimate of drug-likeness (QED) is 0.493. The van der Waals surface area contributed by atoms with Gasteiger partial charge in [0.05, 0.1) is 6.61 Å². The fraction of sp³-hybridized carbons (Fsp3) is 0.545. The Morgan fingerprint density at radius 3 is 2.61 bits per heavy atom. The Bertz CT molecular complexity index is 475. The highest BCUT2D eigenvalue weighted by molar-refractivity contribution is 5.11. The van der Waals surface area contributed by atoms with E-state index in [1.807, 2.05) is 0 Å². The standard InChI is InChI=1S/C11H16N2O5/c12-4-6-1-2-13(8(15)3-6)11-10(17)9(16)7(5-14)18-11/h1-3,7,9-11,14,16-17H,4-5,12H2/t7-,9-,10-,11-/m1/s1. The number of nitrogens with zero attached hydrogens (tertiary/aromatic N) is 1. The van der Waals surface area contributed by atoms with Crippen LogP contribution in [0.3, 0.4) is 0 Å². The van der Waals surface area contributed by atoms with Crippen molar-refractivity contribution < 1.29 is 20.1 Å². The predicted octanol–water partition coefficient (Wildman–Crippen LogP) is -2.08. The van der Waals surface area contributed by atoms with Gasteiger partial charge in [0.2, 0.25) is 0 Å². The molecule has 0 aromatic carbocycles. The Morgan fingerprint density at radius 1 is 1.39 bits per heavy atom. The first kappa shape index (κ1) is 13.2. The van der Waals surface area contributed by atoms with Crippen LogP contribution in [0.2, 0.25) is 0 Å². The molecule has 0 unspecified atom stereocenters. The lowest BCUT2D eigenvalue weighted by Crippen LogP contribution is -2.35. The number of pyridine rings is 1. The van der Waals surface area contributed by atoms with Crippen LogP contribution in [0.15, 0.2) is 23.1 Å². The molecule has 1 saturated heterocycles. The van der Waals surface area contributed by atoms with E-state index in [0.717, 1.165) is 0 Å². The lowest BCUT2D eigenvalue weighted by Gasteiger charge is -2.17. The molecule has 0 spiro atoms. The first-order chi connectivity index (χ1) is 8.58. The van der Waals surface area contributed by atoms with Gasteiger partial charge in [-0.05, 0) is 11.6 Å². The third kappa shape index (κ3) is 2.18. The maximum atomic E-state index is 11.8. The summed E-state index contributed by atoms with van der Waals surface area (Å²) < 4.78 is 6.43. The van der Waals surface area contributed by atoms with Gasteiger partial charge in [0.1, 0.15) is 18.3 Å². The first-order valence-electron chi connectivity index (χ1n) is 5.62. The third-order valence-corrected chi connectivity index (χ3v) is 3.04. The van der Waals surface area contributed by atoms with Gasteiger partial charge in [0, 0.05) is 18.8 Å². The van der Waals surface area contributed by atoms with Crippen LogP contribution in [-0.4, -0.2) is 44.8 Å². The summed E-state index contributed by atoms with van der Waals surface area (Å²) in [6.07, 6.45) is -2.93. The molecule has 0 bridgehead atoms. The minimum atomic E-state index is -1.26. The first-order valence-corrected chi connectivity index (χ1v) is 5.62. The molecule has 7 nitrogen and oxygen atoms in total. The van der Waals surface area contributed by atoms with Crippen LogP contribution < -0.4 is 11.3 Å². The summed E-state index contributed by atoms with van der Waals surface area (Å²) in [7, 11) is 0. The number of aliphatic hydroxyl groups excluding tert-OH is 3. The van der Waals surface area contributed by atoms with Crippen LogP contribution in [0, 0.1) is 0 Å². The zero-order valence-electron chi connectivity index (χ0n) is 9.64. The third-order valence-electron chi connectivity index (χ3n) is 3.04. The topological polar surface area (TPSA) is 118 Å². The van der Waals surface area contributed by atoms with Crippen molar-refractivity contribution in [2.75, 3.05) is 6.61 Å². The van der Waals surface area contributed by atoms with E-state index in [1.54, 1.807) is 6.07 Å². The fourth-order valence-corrected chi connectivity index (χ4v) is 1.98. The van der Waals surface area contributed by atoms with Gasteiger partial charge in [-0.2, -0.15) is 0 Å². The summed E-state index contributed by atoms with van der Waals surface area (Å²) in [5, 5.41) is 28.4. The molecular weight excluding hydrogens is 240 g/mol. The largest absolute Gasteiger partial charge is 0.394 e. The van der Waals surface area contributed by atoms with E-state index in [-0.39, 0.29) is 12.1 Å². The minimum absolute atomic E-state index is 0.242. The van der Waals surface area contributed by atoms with E-state index in [9.17, 15) is 15.0 Å². The smallest absolute Gasteiger partial charge is 0.253 e. The van der Waals surface area contributed by atoms with Gasteiger partial charge in [0.15, 0.2) is 6.23 Å². The second-order valence-electron chi connectivity index (χ2n) is 4.21. The molecule has 7 heteroatoms. The summed E-state index contributed by atoms with van der Waals surface area (Å²) in [6.45, 7) is -0.184. The molecule has 18 heavy (non-hydrogen) atoms. The number of aliphatic hydroxyl groups is 3. The zero-order chi connectivity index (χ0) is 13.3. The molecule has 1 aromatic heterocycles. The highest BCUT2D eigenvalue weighted by atomic mass is 16.6. The van der Waals surface area contributed by atoms with Gasteiger partial charge in [0.25, 0.3) is 5.56 Å². The zero-order valence-corrected chi connectivity index (χ0v) is 9.64. The summed E-state index contributed by atoms with van der Waals surface area (Å²) in [6, 6.07) is 2.98. The second kappa shape index (κ2) is 5.17. The number of hydrogen-bond acceptors (Lipinski definition) is 6. The van der Waals surface area contributed by atoms with Gasteiger partial charge in [-0.3, -0.25) is 9.36 Å². The molecule has 0 radical (unpaired) electrons. The molecule has 1 fully saturated rings. The minimum Gasteiger partial charge on any atom is -0.394 e. The van der Waals surface area contributed by atoms with Gasteiger partial charge in [-0.15, -0.1) is 0 Å². The van der Waals surface area contributed by atoms with Crippen molar-refractivity contribution in [1.29, 1.82) is 0 Å². The van der Waals surface area contributed by atoms with Gasteiger partial charge < -0.3 is 25.8 Å². The Labute approximate surface area is 103 Å². The van der Waals surface area contributed by atoms with Crippen LogP contribution in [0.1, 0.15) is 11.8 Å². The monoisotopic (exact) mass is 256 g/mol. The van der Waals surface area contributed by atoms with E-state index in [2.05, 4.69) is 0 Å². The van der Waals surface area contributed by atoms with E-state index < -0.39 is 31.1 Å². The lowest BCUT2D eigenvalue weighted by molar-refractivity contribution is -0.0544. The fourth-order valence-electron chi connectivity index (χ4n) is 1.98. The van der Waals surface area contributed by atoms with Crippen molar-refractivity contribution in [3.63, 3.8) is 0 Å². The number of aromatic nitrogens is 1. The van der Waals surface area contributed by atoms with Crippen molar-refractivity contribution in [1.82, 2.24) is 4.57 Å². The normalized spacial score (nSPS) is 31.8. The number of ether oxygens (including phenoxy) is 1. The van der Waals surface area contributed by atoms with E-state index >= 15 is 0 Å². The molecule has 2 rings (SSSR count). The van der Waals surface area contributed by atoms with Crippen LogP contribution in [-0.2, 0) is 11.3 Å². The molecular formula is C11H16N2O5. The summed E-state index contributed by atoms with van der Waals surface area (Å²) >= 11 is 0. The van der Waals surface area contributed by atoms with Crippen molar-refractivity contribution in [2.45, 2.75) is 31.1 Å². The molecule has 1 aliphatic heterocycles. The molecule has 0 amide bonds. The molecule has 0 saturated carbocycles. The van der Waals surface area contributed by atoms with Crippen molar-refractivity contribution in [3.05, 3.63) is 34.2 Å². The molecule has 4 atom stereocenters. The molecule has 1 aromatic rings. The van der Waals surface area contributed by atoms with Gasteiger partial charge >= 0.3 is 0 Å². The van der Waals surface area contributed by atoms with Crippen LogP contribution in [0.25, 0.3) is 0 Å². The van der Waals surface area contributed by atoms with Gasteiger partial charge in [-0.25, -0.2) is 0 Å². The SMILES string of the molecule is NCc1ccn([C@@H]2O[C@H](CO)[C@@H](O)[C@H]2O)c(=O)c1. The van der Waals surface area contributed by atoms with Gasteiger partial charge in [-0.1, -0.05) is 0 Å². The van der Waals surface area contributed by atoms with Crippen LogP contribution in [0.5, 0.6) is 0 Å².